The third-order valence-corrected chi connectivity index (χ3v) is 5.51. The first kappa shape index (κ1) is 12.1. The molecule has 0 aromatic carbocycles. The van der Waals surface area contributed by atoms with Crippen molar-refractivity contribution in [3.63, 3.8) is 0 Å². The fourth-order valence-corrected chi connectivity index (χ4v) is 4.35. The van der Waals surface area contributed by atoms with E-state index in [0.29, 0.717) is 12.8 Å². The number of halogens is 1. The summed E-state index contributed by atoms with van der Waals surface area (Å²) < 4.78 is 25.6. The third kappa shape index (κ3) is 2.16. The quantitative estimate of drug-likeness (QED) is 0.800. The molecular weight excluding hydrogens is 318 g/mol. The van der Waals surface area contributed by atoms with E-state index in [1.54, 1.807) is 4.52 Å². The monoisotopic (exact) mass is 329 g/mol. The van der Waals surface area contributed by atoms with E-state index in [9.17, 15) is 8.42 Å². The van der Waals surface area contributed by atoms with Gasteiger partial charge in [-0.15, -0.1) is 0 Å². The Bertz CT molecular complexity index is 681. The number of nitrogens with zero attached hydrogens (tertiary/aromatic N) is 3. The maximum atomic E-state index is 11.5. The Balaban J connectivity index is 2.02. The predicted molar refractivity (Wildman–Crippen MR) is 71.3 cm³/mol. The van der Waals surface area contributed by atoms with Crippen molar-refractivity contribution in [2.75, 3.05) is 11.5 Å². The molecule has 5 nitrogen and oxygen atoms in total. The first-order valence-electron chi connectivity index (χ1n) is 5.74. The van der Waals surface area contributed by atoms with Crippen molar-refractivity contribution in [2.45, 2.75) is 18.8 Å². The van der Waals surface area contributed by atoms with Crippen LogP contribution in [0.15, 0.2) is 23.1 Å². The normalized spacial score (nSPS) is 20.3. The number of rotatable bonds is 1. The second-order valence-electron chi connectivity index (χ2n) is 4.57. The molecule has 1 aliphatic rings. The summed E-state index contributed by atoms with van der Waals surface area (Å²) in [5.41, 5.74) is 1.90. The Morgan fingerprint density at radius 3 is 2.78 bits per heavy atom. The van der Waals surface area contributed by atoms with Gasteiger partial charge in [-0.3, -0.25) is 0 Å². The van der Waals surface area contributed by atoms with Crippen LogP contribution >= 0.6 is 15.9 Å². The largest absolute Gasteiger partial charge is 0.229 e. The summed E-state index contributed by atoms with van der Waals surface area (Å²) in [4.78, 5) is 4.25. The molecule has 0 spiro atoms. The molecule has 1 saturated heterocycles. The number of aromatic nitrogens is 3. The molecule has 0 atom stereocenters. The second kappa shape index (κ2) is 4.31. The van der Waals surface area contributed by atoms with Gasteiger partial charge in [0.1, 0.15) is 16.2 Å². The van der Waals surface area contributed by atoms with Gasteiger partial charge in [-0.1, -0.05) is 0 Å². The second-order valence-corrected chi connectivity index (χ2v) is 7.79. The lowest BCUT2D eigenvalue weighted by molar-refractivity contribution is 0.550. The molecule has 1 fully saturated rings. The average Bonchev–Trinajstić information content (AvgIpc) is 2.76. The zero-order chi connectivity index (χ0) is 12.8. The zero-order valence-corrected chi connectivity index (χ0v) is 12.0. The summed E-state index contributed by atoms with van der Waals surface area (Å²) in [7, 11) is -2.83. The van der Waals surface area contributed by atoms with Crippen LogP contribution in [-0.2, 0) is 9.84 Å². The highest BCUT2D eigenvalue weighted by Crippen LogP contribution is 2.32. The highest BCUT2D eigenvalue weighted by Gasteiger charge is 2.26. The molecule has 2 aromatic rings. The van der Waals surface area contributed by atoms with Crippen LogP contribution in [0.1, 0.15) is 24.3 Å². The molecule has 0 radical (unpaired) electrons. The predicted octanol–water partition coefficient (Wildman–Crippen LogP) is 1.78. The van der Waals surface area contributed by atoms with E-state index < -0.39 is 9.84 Å². The molecule has 0 saturated carbocycles. The van der Waals surface area contributed by atoms with Gasteiger partial charge in [0.15, 0.2) is 5.65 Å². The fraction of sp³-hybridized carbons (Fsp3) is 0.455. The molecule has 0 N–H and O–H groups in total. The van der Waals surface area contributed by atoms with E-state index >= 15 is 0 Å². The van der Waals surface area contributed by atoms with Crippen molar-refractivity contribution < 1.29 is 8.42 Å². The lowest BCUT2D eigenvalue weighted by Gasteiger charge is -2.22. The van der Waals surface area contributed by atoms with Gasteiger partial charge in [0.2, 0.25) is 0 Å². The van der Waals surface area contributed by atoms with Gasteiger partial charge >= 0.3 is 0 Å². The van der Waals surface area contributed by atoms with Crippen LogP contribution in [0.25, 0.3) is 5.65 Å². The van der Waals surface area contributed by atoms with Crippen molar-refractivity contribution in [3.05, 3.63) is 28.6 Å². The lowest BCUT2D eigenvalue weighted by atomic mass is 9.94. The van der Waals surface area contributed by atoms with E-state index in [1.807, 2.05) is 12.3 Å². The summed E-state index contributed by atoms with van der Waals surface area (Å²) in [6, 6.07) is 2.02. The van der Waals surface area contributed by atoms with Gasteiger partial charge in [0.05, 0.1) is 11.5 Å². The Morgan fingerprint density at radius 2 is 2.06 bits per heavy atom. The zero-order valence-electron chi connectivity index (χ0n) is 9.58. The van der Waals surface area contributed by atoms with Crippen molar-refractivity contribution in [1.82, 2.24) is 14.6 Å². The van der Waals surface area contributed by atoms with E-state index in [2.05, 4.69) is 26.0 Å². The van der Waals surface area contributed by atoms with Gasteiger partial charge in [-0.25, -0.2) is 17.9 Å². The molecule has 7 heteroatoms. The minimum atomic E-state index is -2.83. The molecule has 0 bridgehead atoms. The Morgan fingerprint density at radius 1 is 1.33 bits per heavy atom. The first-order chi connectivity index (χ1) is 8.55. The summed E-state index contributed by atoms with van der Waals surface area (Å²) in [6.45, 7) is 0. The fourth-order valence-electron chi connectivity index (χ4n) is 2.42. The van der Waals surface area contributed by atoms with E-state index in [-0.39, 0.29) is 17.4 Å². The summed E-state index contributed by atoms with van der Waals surface area (Å²) in [5.74, 6) is 0.785. The number of sulfone groups is 1. The first-order valence-corrected chi connectivity index (χ1v) is 8.36. The highest BCUT2D eigenvalue weighted by molar-refractivity contribution is 9.10. The summed E-state index contributed by atoms with van der Waals surface area (Å²) >= 11 is 3.45. The van der Waals surface area contributed by atoms with Crippen molar-refractivity contribution in [1.29, 1.82) is 0 Å². The molecule has 96 valence electrons. The summed E-state index contributed by atoms with van der Waals surface area (Å²) in [6.07, 6.45) is 4.71. The SMILES string of the molecule is O=S1(=O)CCC(c2cc(Br)cn3ncnc23)CC1. The molecule has 3 heterocycles. The van der Waals surface area contributed by atoms with Crippen LogP contribution in [-0.4, -0.2) is 34.5 Å². The highest BCUT2D eigenvalue weighted by atomic mass is 79.9. The molecule has 2 aromatic heterocycles. The van der Waals surface area contributed by atoms with Gasteiger partial charge in [0, 0.05) is 16.2 Å². The number of pyridine rings is 1. The topological polar surface area (TPSA) is 64.3 Å². The number of hydrogen-bond acceptors (Lipinski definition) is 4. The summed E-state index contributed by atoms with van der Waals surface area (Å²) in [5, 5.41) is 4.12. The van der Waals surface area contributed by atoms with Crippen LogP contribution in [0.5, 0.6) is 0 Å². The van der Waals surface area contributed by atoms with E-state index in [0.717, 1.165) is 15.7 Å². The van der Waals surface area contributed by atoms with Crippen LogP contribution in [0.2, 0.25) is 0 Å². The van der Waals surface area contributed by atoms with E-state index in [1.165, 1.54) is 6.33 Å². The lowest BCUT2D eigenvalue weighted by Crippen LogP contribution is -2.22. The molecule has 0 amide bonds. The third-order valence-electron chi connectivity index (χ3n) is 3.36. The standard InChI is InChI=1S/C11H12BrN3O2S/c12-9-5-10(11-13-7-14-15(11)6-9)8-1-3-18(16,17)4-2-8/h5-8H,1-4H2. The van der Waals surface area contributed by atoms with Crippen LogP contribution < -0.4 is 0 Å². The molecule has 18 heavy (non-hydrogen) atoms. The molecule has 3 rings (SSSR count). The van der Waals surface area contributed by atoms with Gasteiger partial charge < -0.3 is 0 Å². The van der Waals surface area contributed by atoms with Crippen LogP contribution in [0, 0.1) is 0 Å². The van der Waals surface area contributed by atoms with Crippen molar-refractivity contribution in [2.24, 2.45) is 0 Å². The maximum Gasteiger partial charge on any atom is 0.158 e. The molecule has 1 aliphatic heterocycles. The van der Waals surface area contributed by atoms with Crippen molar-refractivity contribution >= 4 is 31.4 Å². The molecule has 0 aliphatic carbocycles. The Hall–Kier alpha value is -0.950. The smallest absolute Gasteiger partial charge is 0.158 e. The number of fused-ring (bicyclic) bond motifs is 1. The Kier molecular flexibility index (Phi) is 2.90. The van der Waals surface area contributed by atoms with Gasteiger partial charge in [-0.2, -0.15) is 5.10 Å². The molecule has 0 unspecified atom stereocenters. The van der Waals surface area contributed by atoms with Crippen LogP contribution in [0.4, 0.5) is 0 Å². The van der Waals surface area contributed by atoms with Gasteiger partial charge in [0.25, 0.3) is 0 Å². The minimum absolute atomic E-state index is 0.248. The minimum Gasteiger partial charge on any atom is -0.229 e. The maximum absolute atomic E-state index is 11.5. The van der Waals surface area contributed by atoms with E-state index in [4.69, 9.17) is 0 Å². The molecular formula is C11H12BrN3O2S. The van der Waals surface area contributed by atoms with Crippen molar-refractivity contribution in [3.8, 4) is 0 Å². The Labute approximate surface area is 113 Å². The average molecular weight is 330 g/mol. The number of hydrogen-bond donors (Lipinski definition) is 0. The van der Waals surface area contributed by atoms with Crippen LogP contribution in [0.3, 0.4) is 0 Å². The van der Waals surface area contributed by atoms with Gasteiger partial charge in [-0.05, 0) is 40.8 Å².